The molecule has 2 amide bonds. The van der Waals surface area contributed by atoms with Crippen molar-refractivity contribution in [2.45, 2.75) is 0 Å². The van der Waals surface area contributed by atoms with Gasteiger partial charge in [0.15, 0.2) is 0 Å². The average Bonchev–Trinajstić information content (AvgIpc) is 2.62. The third-order valence-corrected chi connectivity index (χ3v) is 4.69. The summed E-state index contributed by atoms with van der Waals surface area (Å²) in [5.74, 6) is 1.42. The number of carboxylic acid groups (broad SMARTS) is 2. The van der Waals surface area contributed by atoms with Crippen LogP contribution in [0.2, 0.25) is 0 Å². The minimum atomic E-state index is -1.08. The van der Waals surface area contributed by atoms with E-state index < -0.39 is 12.2 Å². The highest BCUT2D eigenvalue weighted by Gasteiger charge is 2.09. The van der Waals surface area contributed by atoms with Gasteiger partial charge in [0, 0.05) is 13.1 Å². The van der Waals surface area contributed by atoms with Crippen molar-refractivity contribution in [1.29, 1.82) is 0 Å². The van der Waals surface area contributed by atoms with Crippen molar-refractivity contribution in [2.75, 3.05) is 52.7 Å². The number of halogens is 2. The number of ether oxygens (including phenoxy) is 4. The molecule has 0 spiro atoms. The summed E-state index contributed by atoms with van der Waals surface area (Å²) < 4.78 is 23.7. The van der Waals surface area contributed by atoms with Gasteiger partial charge in [-0.3, -0.25) is 0 Å². The first kappa shape index (κ1) is 24.8. The van der Waals surface area contributed by atoms with Crippen LogP contribution in [0.3, 0.4) is 0 Å². The highest BCUT2D eigenvalue weighted by atomic mass is 127. The predicted octanol–water partition coefficient (Wildman–Crippen LogP) is 2.22. The standard InChI is InChI=1S/C16H22I2N2O8/c17-11-10-14(28-8-6-26-4-2-20-16(23)24)12(18)9-13(11)27-7-5-25-3-1-19-15(21)22/h9-10,19-20H,1-8H2,(H,21,22)(H,23,24). The first-order valence-corrected chi connectivity index (χ1v) is 10.4. The highest BCUT2D eigenvalue weighted by molar-refractivity contribution is 14.1. The van der Waals surface area contributed by atoms with Gasteiger partial charge in [0.1, 0.15) is 24.7 Å². The van der Waals surface area contributed by atoms with Crippen LogP contribution in [0.4, 0.5) is 9.59 Å². The van der Waals surface area contributed by atoms with Gasteiger partial charge < -0.3 is 39.8 Å². The number of hydrogen-bond acceptors (Lipinski definition) is 6. The van der Waals surface area contributed by atoms with Crippen LogP contribution in [0.25, 0.3) is 0 Å². The van der Waals surface area contributed by atoms with Gasteiger partial charge in [0.05, 0.1) is 33.6 Å². The predicted molar refractivity (Wildman–Crippen MR) is 117 cm³/mol. The van der Waals surface area contributed by atoms with Gasteiger partial charge in [-0.2, -0.15) is 0 Å². The van der Waals surface area contributed by atoms with Gasteiger partial charge in [0.2, 0.25) is 0 Å². The Balaban J connectivity index is 2.25. The molecule has 0 saturated carbocycles. The van der Waals surface area contributed by atoms with E-state index in [0.29, 0.717) is 37.9 Å². The second-order valence-electron chi connectivity index (χ2n) is 5.10. The van der Waals surface area contributed by atoms with E-state index in [-0.39, 0.29) is 26.3 Å². The lowest BCUT2D eigenvalue weighted by atomic mass is 10.3. The Hall–Kier alpha value is -1.26. The van der Waals surface area contributed by atoms with Crippen LogP contribution in [0.1, 0.15) is 0 Å². The van der Waals surface area contributed by atoms with Crippen LogP contribution in [-0.4, -0.2) is 75.1 Å². The van der Waals surface area contributed by atoms with Gasteiger partial charge in [-0.15, -0.1) is 0 Å². The van der Waals surface area contributed by atoms with Crippen molar-refractivity contribution in [1.82, 2.24) is 10.6 Å². The molecule has 1 rings (SSSR count). The molecule has 4 N–H and O–H groups in total. The molecule has 0 unspecified atom stereocenters. The number of amides is 2. The molecule has 1 aromatic carbocycles. The van der Waals surface area contributed by atoms with Gasteiger partial charge in [-0.25, -0.2) is 9.59 Å². The largest absolute Gasteiger partial charge is 0.490 e. The molecule has 0 radical (unpaired) electrons. The van der Waals surface area contributed by atoms with Gasteiger partial charge >= 0.3 is 12.2 Å². The van der Waals surface area contributed by atoms with Gasteiger partial charge in [-0.1, -0.05) is 0 Å². The number of carbonyl (C=O) groups is 2. The maximum Gasteiger partial charge on any atom is 0.404 e. The summed E-state index contributed by atoms with van der Waals surface area (Å²) in [6.45, 7) is 2.42. The molecule has 0 heterocycles. The van der Waals surface area contributed by atoms with Crippen molar-refractivity contribution in [3.63, 3.8) is 0 Å². The summed E-state index contributed by atoms with van der Waals surface area (Å²) in [5.41, 5.74) is 0. The molecule has 0 fully saturated rings. The molecule has 10 nitrogen and oxygen atoms in total. The molecule has 1 aromatic rings. The topological polar surface area (TPSA) is 136 Å². The Bertz CT molecular complexity index is 579. The maximum absolute atomic E-state index is 10.3. The van der Waals surface area contributed by atoms with Crippen LogP contribution in [0, 0.1) is 7.14 Å². The van der Waals surface area contributed by atoms with Crippen LogP contribution in [0.15, 0.2) is 12.1 Å². The minimum absolute atomic E-state index is 0.233. The maximum atomic E-state index is 10.3. The summed E-state index contributed by atoms with van der Waals surface area (Å²) in [7, 11) is 0. The number of hydrogen-bond donors (Lipinski definition) is 4. The zero-order chi connectivity index (χ0) is 20.8. The van der Waals surface area contributed by atoms with E-state index >= 15 is 0 Å². The molecule has 0 aromatic heterocycles. The first-order chi connectivity index (χ1) is 13.4. The molecule has 0 saturated heterocycles. The summed E-state index contributed by atoms with van der Waals surface area (Å²) in [5, 5.41) is 21.3. The zero-order valence-electron chi connectivity index (χ0n) is 14.9. The SMILES string of the molecule is O=C(O)NCCOCCOc1cc(I)c(OCCOCCNC(=O)O)cc1I. The molecule has 0 atom stereocenters. The summed E-state index contributed by atoms with van der Waals surface area (Å²) >= 11 is 4.30. The normalized spacial score (nSPS) is 10.4. The lowest BCUT2D eigenvalue weighted by Gasteiger charge is -2.13. The number of benzene rings is 1. The highest BCUT2D eigenvalue weighted by Crippen LogP contribution is 2.31. The smallest absolute Gasteiger partial charge is 0.404 e. The van der Waals surface area contributed by atoms with Crippen molar-refractivity contribution in [3.05, 3.63) is 19.3 Å². The van der Waals surface area contributed by atoms with Crippen molar-refractivity contribution in [2.24, 2.45) is 0 Å². The van der Waals surface area contributed by atoms with E-state index in [1.165, 1.54) is 0 Å². The first-order valence-electron chi connectivity index (χ1n) is 8.24. The Morgan fingerprint density at radius 3 is 1.50 bits per heavy atom. The molecule has 0 aliphatic heterocycles. The second-order valence-corrected chi connectivity index (χ2v) is 7.42. The third-order valence-electron chi connectivity index (χ3n) is 3.00. The second kappa shape index (κ2) is 14.7. The van der Waals surface area contributed by atoms with Crippen LogP contribution >= 0.6 is 45.2 Å². The Kier molecular flexibility index (Phi) is 13.0. The quantitative estimate of drug-likeness (QED) is 0.183. The molecular formula is C16H22I2N2O8. The molecular weight excluding hydrogens is 602 g/mol. The monoisotopic (exact) mass is 624 g/mol. The van der Waals surface area contributed by atoms with E-state index in [0.717, 1.165) is 7.14 Å². The van der Waals surface area contributed by atoms with Crippen LogP contribution in [0.5, 0.6) is 11.5 Å². The van der Waals surface area contributed by atoms with Gasteiger partial charge in [-0.05, 0) is 57.3 Å². The third kappa shape index (κ3) is 11.6. The van der Waals surface area contributed by atoms with Crippen molar-refractivity contribution in [3.8, 4) is 11.5 Å². The van der Waals surface area contributed by atoms with E-state index in [9.17, 15) is 9.59 Å². The molecule has 28 heavy (non-hydrogen) atoms. The zero-order valence-corrected chi connectivity index (χ0v) is 19.2. The molecule has 0 aliphatic carbocycles. The van der Waals surface area contributed by atoms with E-state index in [4.69, 9.17) is 29.2 Å². The van der Waals surface area contributed by atoms with Crippen LogP contribution in [-0.2, 0) is 9.47 Å². The van der Waals surface area contributed by atoms with Crippen molar-refractivity contribution >= 4 is 57.4 Å². The lowest BCUT2D eigenvalue weighted by molar-refractivity contribution is 0.0991. The van der Waals surface area contributed by atoms with Crippen molar-refractivity contribution < 1.29 is 38.7 Å². The number of nitrogens with one attached hydrogen (secondary N) is 2. The Morgan fingerprint density at radius 2 is 1.14 bits per heavy atom. The average molecular weight is 624 g/mol. The minimum Gasteiger partial charge on any atom is -0.490 e. The van der Waals surface area contributed by atoms with Gasteiger partial charge in [0.25, 0.3) is 0 Å². The fourth-order valence-corrected chi connectivity index (χ4v) is 3.01. The van der Waals surface area contributed by atoms with Crippen LogP contribution < -0.4 is 20.1 Å². The van der Waals surface area contributed by atoms with E-state index in [2.05, 4.69) is 55.8 Å². The summed E-state index contributed by atoms with van der Waals surface area (Å²) in [6.07, 6.45) is -2.15. The summed E-state index contributed by atoms with van der Waals surface area (Å²) in [4.78, 5) is 20.6. The Labute approximate surface area is 189 Å². The molecule has 0 bridgehead atoms. The fraction of sp³-hybridized carbons (Fsp3) is 0.500. The Morgan fingerprint density at radius 1 is 0.750 bits per heavy atom. The molecule has 0 aliphatic rings. The summed E-state index contributed by atoms with van der Waals surface area (Å²) in [6, 6.07) is 3.72. The van der Waals surface area contributed by atoms with E-state index in [1.54, 1.807) is 0 Å². The lowest BCUT2D eigenvalue weighted by Crippen LogP contribution is -2.25. The number of rotatable bonds is 14. The molecule has 158 valence electrons. The molecule has 12 heteroatoms. The fourth-order valence-electron chi connectivity index (χ4n) is 1.82. The van der Waals surface area contributed by atoms with E-state index in [1.807, 2.05) is 12.1 Å².